The van der Waals surface area contributed by atoms with Gasteiger partial charge in [-0.05, 0) is 36.4 Å². The van der Waals surface area contributed by atoms with Crippen LogP contribution in [-0.2, 0) is 21.0 Å². The molecule has 0 bridgehead atoms. The van der Waals surface area contributed by atoms with Gasteiger partial charge in [-0.25, -0.2) is 0 Å². The van der Waals surface area contributed by atoms with Crippen LogP contribution in [0.25, 0.3) is 0 Å². The number of hydrogen-bond donors (Lipinski definition) is 1. The van der Waals surface area contributed by atoms with Gasteiger partial charge in [-0.1, -0.05) is 48.5 Å². The van der Waals surface area contributed by atoms with E-state index >= 15 is 0 Å². The Morgan fingerprint density at radius 2 is 1.09 bits per heavy atom. The molecule has 3 aromatic rings. The first-order chi connectivity index (χ1) is 11.1. The predicted molar refractivity (Wildman–Crippen MR) is 91.3 cm³/mol. The summed E-state index contributed by atoms with van der Waals surface area (Å²) in [5, 5.41) is 0. The van der Waals surface area contributed by atoms with Gasteiger partial charge in [0, 0.05) is 0 Å². The zero-order valence-corrected chi connectivity index (χ0v) is 13.8. The van der Waals surface area contributed by atoms with E-state index in [1.807, 2.05) is 60.7 Å². The van der Waals surface area contributed by atoms with Crippen LogP contribution in [0.4, 0.5) is 0 Å². The highest BCUT2D eigenvalue weighted by Crippen LogP contribution is 2.34. The Labute approximate surface area is 138 Å². The first-order valence-corrected chi connectivity index (χ1v) is 9.65. The average Bonchev–Trinajstić information content (AvgIpc) is 2.57. The van der Waals surface area contributed by atoms with Crippen molar-refractivity contribution in [3.8, 4) is 0 Å². The molecule has 0 unspecified atom stereocenters. The normalized spacial score (nSPS) is 11.6. The molecule has 0 spiro atoms. The van der Waals surface area contributed by atoms with Gasteiger partial charge in [0.2, 0.25) is 0 Å². The highest BCUT2D eigenvalue weighted by atomic mass is 32.2. The number of benzene rings is 3. The molecule has 0 radical (unpaired) electrons. The second-order valence-corrected chi connectivity index (χ2v) is 8.24. The van der Waals surface area contributed by atoms with Crippen molar-refractivity contribution in [2.24, 2.45) is 0 Å². The van der Waals surface area contributed by atoms with Crippen LogP contribution >= 0.6 is 0 Å². The second kappa shape index (κ2) is 6.58. The van der Waals surface area contributed by atoms with Crippen LogP contribution in [0.3, 0.4) is 0 Å². The van der Waals surface area contributed by atoms with Crippen molar-refractivity contribution in [1.82, 2.24) is 0 Å². The maximum atomic E-state index is 11.8. The lowest BCUT2D eigenvalue weighted by Crippen LogP contribution is -2.10. The van der Waals surface area contributed by atoms with Crippen LogP contribution in [0.2, 0.25) is 0 Å². The van der Waals surface area contributed by atoms with E-state index in [1.165, 1.54) is 6.07 Å². The van der Waals surface area contributed by atoms with Gasteiger partial charge in [-0.15, -0.1) is 0 Å². The minimum atomic E-state index is -4.29. The minimum Gasteiger partial charge on any atom is -0.282 e. The van der Waals surface area contributed by atoms with E-state index in [9.17, 15) is 13.0 Å². The summed E-state index contributed by atoms with van der Waals surface area (Å²) in [5.41, 5.74) is 0. The van der Waals surface area contributed by atoms with E-state index in [2.05, 4.69) is 0 Å². The quantitative estimate of drug-likeness (QED) is 0.575. The molecule has 0 amide bonds. The molecule has 0 aliphatic carbocycles. The van der Waals surface area contributed by atoms with Crippen molar-refractivity contribution in [3.05, 3.63) is 84.9 Å². The van der Waals surface area contributed by atoms with E-state index in [4.69, 9.17) is 0 Å². The van der Waals surface area contributed by atoms with Gasteiger partial charge in [0.25, 0.3) is 10.1 Å². The van der Waals surface area contributed by atoms with Crippen LogP contribution in [0, 0.1) is 0 Å². The third-order valence-electron chi connectivity index (χ3n) is 3.30. The molecule has 116 valence electrons. The third-order valence-corrected chi connectivity index (χ3v) is 6.63. The Bertz CT molecular complexity index is 852. The molecule has 0 fully saturated rings. The zero-order valence-electron chi connectivity index (χ0n) is 12.2. The monoisotopic (exact) mass is 343 g/mol. The Hall–Kier alpha value is -2.08. The second-order valence-electron chi connectivity index (χ2n) is 4.85. The van der Waals surface area contributed by atoms with Gasteiger partial charge in [0.15, 0.2) is 14.7 Å². The predicted octanol–water partition coefficient (Wildman–Crippen LogP) is 4.03. The zero-order chi connectivity index (χ0) is 16.3. The summed E-state index contributed by atoms with van der Waals surface area (Å²) < 4.78 is 33.2. The Kier molecular flexibility index (Phi) is 4.52. The lowest BCUT2D eigenvalue weighted by molar-refractivity contribution is 0.481. The van der Waals surface area contributed by atoms with Crippen LogP contribution in [0.15, 0.2) is 105 Å². The molecule has 0 atom stereocenters. The average molecular weight is 343 g/mol. The van der Waals surface area contributed by atoms with E-state index in [0.29, 0.717) is 4.90 Å². The molecule has 3 aromatic carbocycles. The largest absolute Gasteiger partial charge is 0.299 e. The Morgan fingerprint density at radius 1 is 0.652 bits per heavy atom. The lowest BCUT2D eigenvalue weighted by atomic mass is 10.4. The molecule has 0 saturated heterocycles. The highest BCUT2D eigenvalue weighted by Gasteiger charge is 2.34. The molecular weight excluding hydrogens is 328 g/mol. The molecule has 0 aliphatic heterocycles. The van der Waals surface area contributed by atoms with Gasteiger partial charge in [0.1, 0.15) is 15.8 Å². The summed E-state index contributed by atoms with van der Waals surface area (Å²) in [6.45, 7) is 0. The van der Waals surface area contributed by atoms with Crippen molar-refractivity contribution < 1.29 is 13.0 Å². The van der Waals surface area contributed by atoms with E-state index < -0.39 is 21.0 Å². The lowest BCUT2D eigenvalue weighted by Gasteiger charge is -2.10. The molecule has 1 N–H and O–H groups in total. The van der Waals surface area contributed by atoms with Crippen LogP contribution < -0.4 is 0 Å². The van der Waals surface area contributed by atoms with Gasteiger partial charge >= 0.3 is 0 Å². The third kappa shape index (κ3) is 3.47. The maximum absolute atomic E-state index is 11.8. The van der Waals surface area contributed by atoms with Crippen LogP contribution in [0.1, 0.15) is 0 Å². The summed E-state index contributed by atoms with van der Waals surface area (Å²) >= 11 is 0. The van der Waals surface area contributed by atoms with Gasteiger partial charge < -0.3 is 0 Å². The molecule has 5 heteroatoms. The molecule has 3 rings (SSSR count). The first kappa shape index (κ1) is 15.8. The summed E-state index contributed by atoms with van der Waals surface area (Å²) in [6.07, 6.45) is 0. The fraction of sp³-hybridized carbons (Fsp3) is 0. The molecule has 3 nitrogen and oxygen atoms in total. The Balaban J connectivity index is 2.26. The van der Waals surface area contributed by atoms with Gasteiger partial charge in [-0.3, -0.25) is 4.55 Å². The van der Waals surface area contributed by atoms with E-state index in [-0.39, 0.29) is 4.90 Å². The fourth-order valence-electron chi connectivity index (χ4n) is 2.34. The van der Waals surface area contributed by atoms with Gasteiger partial charge in [0.05, 0.1) is 0 Å². The first-order valence-electron chi connectivity index (χ1n) is 6.98. The smallest absolute Gasteiger partial charge is 0.282 e. The maximum Gasteiger partial charge on any atom is 0.299 e. The van der Waals surface area contributed by atoms with E-state index in [1.54, 1.807) is 18.2 Å². The Morgan fingerprint density at radius 3 is 1.57 bits per heavy atom. The van der Waals surface area contributed by atoms with E-state index in [0.717, 1.165) is 9.79 Å². The molecule has 0 heterocycles. The van der Waals surface area contributed by atoms with Crippen LogP contribution in [0.5, 0.6) is 0 Å². The van der Waals surface area contributed by atoms with Crippen molar-refractivity contribution in [2.45, 2.75) is 19.6 Å². The molecule has 0 aromatic heterocycles. The van der Waals surface area contributed by atoms with Crippen molar-refractivity contribution >= 4 is 21.0 Å². The summed E-state index contributed by atoms with van der Waals surface area (Å²) in [6, 6.07) is 26.0. The standard InChI is InChI=1S/C18H14O3S2/c19-23(20,21)18-14-8-7-13-17(18)22(15-9-3-1-4-10-15)16-11-5-2-6-12-16/h1-14H/p+1. The number of rotatable bonds is 4. The molecule has 0 saturated carbocycles. The molecule has 0 aliphatic rings. The summed E-state index contributed by atoms with van der Waals surface area (Å²) in [4.78, 5) is 2.54. The SMILES string of the molecule is O=S(=O)(O)c1ccccc1[S+](c1ccccc1)c1ccccc1. The minimum absolute atomic E-state index is 0.0453. The van der Waals surface area contributed by atoms with Crippen molar-refractivity contribution in [1.29, 1.82) is 0 Å². The summed E-state index contributed by atoms with van der Waals surface area (Å²) in [5.74, 6) is 0. The van der Waals surface area contributed by atoms with Crippen LogP contribution in [-0.4, -0.2) is 13.0 Å². The summed E-state index contributed by atoms with van der Waals surface area (Å²) in [7, 11) is -4.90. The van der Waals surface area contributed by atoms with Crippen molar-refractivity contribution in [3.63, 3.8) is 0 Å². The fourth-order valence-corrected chi connectivity index (χ4v) is 5.60. The number of hydrogen-bond acceptors (Lipinski definition) is 2. The van der Waals surface area contributed by atoms with Crippen molar-refractivity contribution in [2.75, 3.05) is 0 Å². The molecule has 23 heavy (non-hydrogen) atoms. The highest BCUT2D eigenvalue weighted by molar-refractivity contribution is 7.97. The van der Waals surface area contributed by atoms with Gasteiger partial charge in [-0.2, -0.15) is 8.42 Å². The molecular formula is C18H15O3S2+. The topological polar surface area (TPSA) is 54.4 Å².